The van der Waals surface area contributed by atoms with E-state index < -0.39 is 4.92 Å². The summed E-state index contributed by atoms with van der Waals surface area (Å²) >= 11 is 0. The van der Waals surface area contributed by atoms with Crippen LogP contribution in [0.3, 0.4) is 0 Å². The van der Waals surface area contributed by atoms with Gasteiger partial charge in [0.2, 0.25) is 5.82 Å². The van der Waals surface area contributed by atoms with Crippen molar-refractivity contribution in [3.05, 3.63) is 40.7 Å². The summed E-state index contributed by atoms with van der Waals surface area (Å²) in [6.45, 7) is 3.61. The lowest BCUT2D eigenvalue weighted by molar-refractivity contribution is -0.385. The van der Waals surface area contributed by atoms with Crippen molar-refractivity contribution < 1.29 is 14.8 Å². The van der Waals surface area contributed by atoms with E-state index in [-0.39, 0.29) is 28.9 Å². The highest BCUT2D eigenvalue weighted by molar-refractivity contribution is 5.63. The molecule has 1 saturated heterocycles. The molecule has 0 amide bonds. The third kappa shape index (κ3) is 3.84. The fourth-order valence-electron chi connectivity index (χ4n) is 3.31. The molecule has 8 heteroatoms. The number of aromatic nitrogens is 2. The third-order valence-corrected chi connectivity index (χ3v) is 4.63. The first-order valence-corrected chi connectivity index (χ1v) is 8.80. The molecule has 1 aliphatic rings. The Kier molecular flexibility index (Phi) is 5.50. The van der Waals surface area contributed by atoms with Gasteiger partial charge in [-0.3, -0.25) is 10.1 Å². The fourth-order valence-corrected chi connectivity index (χ4v) is 3.31. The Labute approximate surface area is 151 Å². The number of benzene rings is 1. The molecule has 3 rings (SSSR count). The summed E-state index contributed by atoms with van der Waals surface area (Å²) in [4.78, 5) is 21.2. The second-order valence-corrected chi connectivity index (χ2v) is 6.40. The number of rotatable bonds is 6. The number of nitrogens with zero attached hydrogens (tertiary/aromatic N) is 4. The Morgan fingerprint density at radius 3 is 2.69 bits per heavy atom. The second kappa shape index (κ2) is 7.99. The van der Waals surface area contributed by atoms with Crippen LogP contribution in [0, 0.1) is 16.0 Å². The van der Waals surface area contributed by atoms with E-state index in [9.17, 15) is 15.2 Å². The summed E-state index contributed by atoms with van der Waals surface area (Å²) in [5.74, 6) is 0.765. The number of phenols is 1. The molecule has 1 aliphatic heterocycles. The molecule has 0 atom stereocenters. The average molecular weight is 358 g/mol. The number of hydrogen-bond acceptors (Lipinski definition) is 7. The zero-order valence-electron chi connectivity index (χ0n) is 14.7. The van der Waals surface area contributed by atoms with Crippen LogP contribution in [0.5, 0.6) is 17.4 Å². The normalized spacial score (nSPS) is 15.0. The van der Waals surface area contributed by atoms with Gasteiger partial charge in [-0.2, -0.15) is 4.98 Å². The predicted octanol–water partition coefficient (Wildman–Crippen LogP) is 3.90. The van der Waals surface area contributed by atoms with Gasteiger partial charge in [0.15, 0.2) is 11.5 Å². The lowest BCUT2D eigenvalue weighted by Crippen LogP contribution is -2.34. The van der Waals surface area contributed by atoms with Crippen molar-refractivity contribution in [2.45, 2.75) is 32.6 Å². The summed E-state index contributed by atoms with van der Waals surface area (Å²) in [7, 11) is 0. The minimum atomic E-state index is -0.525. The molecular formula is C18H22N4O4. The fraction of sp³-hybridized carbons (Fsp3) is 0.444. The molecule has 1 aromatic carbocycles. The average Bonchev–Trinajstić information content (AvgIpc) is 2.64. The van der Waals surface area contributed by atoms with Gasteiger partial charge in [-0.25, -0.2) is 4.98 Å². The molecule has 0 spiro atoms. The molecule has 0 bridgehead atoms. The van der Waals surface area contributed by atoms with Crippen LogP contribution < -0.4 is 9.64 Å². The van der Waals surface area contributed by atoms with Gasteiger partial charge in [0.05, 0.1) is 4.92 Å². The third-order valence-electron chi connectivity index (χ3n) is 4.63. The number of phenolic OH excluding ortho intramolecular Hbond substituents is 1. The summed E-state index contributed by atoms with van der Waals surface area (Å²) in [5, 5.41) is 21.5. The highest BCUT2D eigenvalue weighted by atomic mass is 16.6. The lowest BCUT2D eigenvalue weighted by Gasteiger charge is -2.32. The van der Waals surface area contributed by atoms with E-state index in [1.54, 1.807) is 12.1 Å². The minimum absolute atomic E-state index is 0.109. The Balaban J connectivity index is 1.88. The summed E-state index contributed by atoms with van der Waals surface area (Å²) in [5.41, 5.74) is -0.273. The molecule has 138 valence electrons. The Morgan fingerprint density at radius 1 is 1.31 bits per heavy atom. The number of piperidine rings is 1. The Morgan fingerprint density at radius 2 is 2.04 bits per heavy atom. The first kappa shape index (κ1) is 17.9. The molecule has 0 unspecified atom stereocenters. The van der Waals surface area contributed by atoms with Gasteiger partial charge < -0.3 is 14.7 Å². The standard InChI is InChI=1S/C18H22N4O4/c1-2-5-13-8-10-21(11-9-13)17-16(22(24)25)18(20-12-19-17)26-15-7-4-3-6-14(15)23/h3-4,6-7,12-13,23H,2,5,8-11H2,1H3. The largest absolute Gasteiger partial charge is 0.504 e. The maximum atomic E-state index is 11.7. The number of para-hydroxylation sites is 2. The minimum Gasteiger partial charge on any atom is -0.504 e. The summed E-state index contributed by atoms with van der Waals surface area (Å²) in [6.07, 6.45) is 5.57. The van der Waals surface area contributed by atoms with Gasteiger partial charge in [-0.05, 0) is 30.9 Å². The van der Waals surface area contributed by atoms with Crippen LogP contribution in [0.2, 0.25) is 0 Å². The van der Waals surface area contributed by atoms with Gasteiger partial charge >= 0.3 is 11.6 Å². The highest BCUT2D eigenvalue weighted by Crippen LogP contribution is 2.39. The molecule has 1 N–H and O–H groups in total. The van der Waals surface area contributed by atoms with Crippen molar-refractivity contribution in [2.75, 3.05) is 18.0 Å². The molecule has 26 heavy (non-hydrogen) atoms. The molecule has 1 fully saturated rings. The van der Waals surface area contributed by atoms with Crippen molar-refractivity contribution in [3.8, 4) is 17.4 Å². The van der Waals surface area contributed by atoms with Crippen LogP contribution in [-0.2, 0) is 0 Å². The van der Waals surface area contributed by atoms with Gasteiger partial charge in [-0.1, -0.05) is 31.9 Å². The van der Waals surface area contributed by atoms with Crippen LogP contribution in [0.4, 0.5) is 11.5 Å². The first-order valence-electron chi connectivity index (χ1n) is 8.80. The van der Waals surface area contributed by atoms with Crippen molar-refractivity contribution in [1.82, 2.24) is 9.97 Å². The van der Waals surface area contributed by atoms with E-state index in [2.05, 4.69) is 16.9 Å². The SMILES string of the molecule is CCCC1CCN(c2ncnc(Oc3ccccc3O)c2[N+](=O)[O-])CC1. The number of nitro groups is 1. The maximum absolute atomic E-state index is 11.7. The quantitative estimate of drug-likeness (QED) is 0.617. The molecule has 0 saturated carbocycles. The van der Waals surface area contributed by atoms with Gasteiger partial charge in [-0.15, -0.1) is 0 Å². The van der Waals surface area contributed by atoms with Crippen molar-refractivity contribution in [3.63, 3.8) is 0 Å². The number of ether oxygens (including phenoxy) is 1. The van der Waals surface area contributed by atoms with E-state index >= 15 is 0 Å². The van der Waals surface area contributed by atoms with Crippen molar-refractivity contribution in [1.29, 1.82) is 0 Å². The molecular weight excluding hydrogens is 336 g/mol. The van der Waals surface area contributed by atoms with E-state index in [1.807, 2.05) is 4.90 Å². The molecule has 0 radical (unpaired) electrons. The number of hydrogen-bond donors (Lipinski definition) is 1. The van der Waals surface area contributed by atoms with Crippen LogP contribution in [0.1, 0.15) is 32.6 Å². The number of anilines is 1. The number of aromatic hydroxyl groups is 1. The highest BCUT2D eigenvalue weighted by Gasteiger charge is 2.31. The zero-order chi connectivity index (χ0) is 18.5. The van der Waals surface area contributed by atoms with Crippen LogP contribution in [0.15, 0.2) is 30.6 Å². The molecule has 2 heterocycles. The monoisotopic (exact) mass is 358 g/mol. The van der Waals surface area contributed by atoms with E-state index in [0.717, 1.165) is 32.4 Å². The molecule has 1 aromatic heterocycles. The van der Waals surface area contributed by atoms with E-state index in [1.165, 1.54) is 24.9 Å². The topological polar surface area (TPSA) is 102 Å². The summed E-state index contributed by atoms with van der Waals surface area (Å²) in [6, 6.07) is 6.28. The molecule has 2 aromatic rings. The zero-order valence-corrected chi connectivity index (χ0v) is 14.7. The summed E-state index contributed by atoms with van der Waals surface area (Å²) < 4.78 is 5.52. The van der Waals surface area contributed by atoms with Gasteiger partial charge in [0, 0.05) is 13.1 Å². The van der Waals surface area contributed by atoms with Crippen LogP contribution in [0.25, 0.3) is 0 Å². The first-order chi connectivity index (χ1) is 12.6. The van der Waals surface area contributed by atoms with E-state index in [4.69, 9.17) is 4.74 Å². The van der Waals surface area contributed by atoms with Gasteiger partial charge in [0.25, 0.3) is 0 Å². The van der Waals surface area contributed by atoms with Crippen molar-refractivity contribution in [2.24, 2.45) is 5.92 Å². The van der Waals surface area contributed by atoms with Crippen LogP contribution >= 0.6 is 0 Å². The molecule has 8 nitrogen and oxygen atoms in total. The Hall–Kier alpha value is -2.90. The van der Waals surface area contributed by atoms with Crippen LogP contribution in [-0.4, -0.2) is 33.1 Å². The second-order valence-electron chi connectivity index (χ2n) is 6.40. The maximum Gasteiger partial charge on any atom is 0.373 e. The lowest BCUT2D eigenvalue weighted by atomic mass is 9.92. The Bertz CT molecular complexity index is 776. The molecule has 0 aliphatic carbocycles. The smallest absolute Gasteiger partial charge is 0.373 e. The van der Waals surface area contributed by atoms with Crippen molar-refractivity contribution >= 4 is 11.5 Å². The van der Waals surface area contributed by atoms with Gasteiger partial charge in [0.1, 0.15) is 6.33 Å². The predicted molar refractivity (Wildman–Crippen MR) is 96.7 cm³/mol. The van der Waals surface area contributed by atoms with E-state index in [0.29, 0.717) is 5.92 Å².